The topological polar surface area (TPSA) is 98.8 Å². The number of hydrazine groups is 1. The number of allylic oxidation sites excluding steroid dienone is 1. The molecule has 0 N–H and O–H groups in total. The van der Waals surface area contributed by atoms with Gasteiger partial charge in [-0.25, -0.2) is 10.1 Å². The van der Waals surface area contributed by atoms with Gasteiger partial charge in [-0.3, -0.25) is 10.1 Å². The van der Waals surface area contributed by atoms with Crippen LogP contribution >= 0.6 is 0 Å². The molecule has 0 aliphatic carbocycles. The van der Waals surface area contributed by atoms with Crippen molar-refractivity contribution in [3.05, 3.63) is 74.7 Å². The molecule has 98 valence electrons. The molecule has 1 aromatic carbocycles. The lowest BCUT2D eigenvalue weighted by molar-refractivity contribution is -0.711. The molecule has 1 unspecified atom stereocenters. The number of benzene rings is 1. The number of rotatable bonds is 4. The molecular formula is C11H9N3O5. The quantitative estimate of drug-likeness (QED) is 0.604. The molecule has 1 aliphatic heterocycles. The first-order valence-electron chi connectivity index (χ1n) is 5.27. The van der Waals surface area contributed by atoms with Crippen molar-refractivity contribution < 1.29 is 14.7 Å². The van der Waals surface area contributed by atoms with Gasteiger partial charge in [-0.2, -0.15) is 0 Å². The number of hydrogen-bond donors (Lipinski definition) is 0. The van der Waals surface area contributed by atoms with Crippen LogP contribution in [0.3, 0.4) is 0 Å². The summed E-state index contributed by atoms with van der Waals surface area (Å²) in [5, 5.41) is 21.0. The molecule has 8 heteroatoms. The molecule has 1 aliphatic rings. The van der Waals surface area contributed by atoms with Crippen molar-refractivity contribution in [2.45, 2.75) is 6.17 Å². The highest BCUT2D eigenvalue weighted by atomic mass is 16.7. The summed E-state index contributed by atoms with van der Waals surface area (Å²) < 4.78 is 5.38. The smallest absolute Gasteiger partial charge is 0.363 e. The molecule has 0 fully saturated rings. The predicted molar refractivity (Wildman–Crippen MR) is 63.9 cm³/mol. The van der Waals surface area contributed by atoms with Crippen LogP contribution in [0.15, 0.2) is 54.4 Å². The third-order valence-electron chi connectivity index (χ3n) is 2.36. The van der Waals surface area contributed by atoms with Crippen molar-refractivity contribution >= 4 is 0 Å². The van der Waals surface area contributed by atoms with Gasteiger partial charge in [-0.05, 0) is 17.1 Å². The molecule has 0 amide bonds. The van der Waals surface area contributed by atoms with E-state index in [4.69, 9.17) is 4.74 Å². The average Bonchev–Trinajstić information content (AvgIpc) is 2.39. The number of nitrogens with zero attached hydrogens (tertiary/aromatic N) is 3. The summed E-state index contributed by atoms with van der Waals surface area (Å²) in [6.45, 7) is 0. The monoisotopic (exact) mass is 263 g/mol. The Kier molecular flexibility index (Phi) is 3.42. The minimum atomic E-state index is -1.58. The maximum absolute atomic E-state index is 10.8. The van der Waals surface area contributed by atoms with Crippen molar-refractivity contribution in [2.24, 2.45) is 0 Å². The Labute approximate surface area is 107 Å². The first kappa shape index (κ1) is 12.6. The summed E-state index contributed by atoms with van der Waals surface area (Å²) in [7, 11) is 0. The van der Waals surface area contributed by atoms with Crippen LogP contribution in [0.4, 0.5) is 0 Å². The third-order valence-corrected chi connectivity index (χ3v) is 2.36. The summed E-state index contributed by atoms with van der Waals surface area (Å²) in [4.78, 5) is 20.7. The second kappa shape index (κ2) is 5.17. The highest BCUT2D eigenvalue weighted by Crippen LogP contribution is 2.19. The molecule has 1 atom stereocenters. The average molecular weight is 263 g/mol. The van der Waals surface area contributed by atoms with Crippen molar-refractivity contribution in [1.29, 1.82) is 0 Å². The van der Waals surface area contributed by atoms with E-state index in [1.807, 2.05) is 0 Å². The Morgan fingerprint density at radius 3 is 2.42 bits per heavy atom. The van der Waals surface area contributed by atoms with E-state index < -0.39 is 16.1 Å². The maximum Gasteiger partial charge on any atom is 0.363 e. The SMILES string of the molecule is O=[N+]([O-])C1C=C(Oc2ccccc2)C=CN1[N+](=O)[O-]. The fourth-order valence-corrected chi connectivity index (χ4v) is 1.52. The van der Waals surface area contributed by atoms with E-state index in [1.165, 1.54) is 6.08 Å². The van der Waals surface area contributed by atoms with Crippen LogP contribution < -0.4 is 4.74 Å². The van der Waals surface area contributed by atoms with Gasteiger partial charge >= 0.3 is 6.17 Å². The van der Waals surface area contributed by atoms with E-state index in [1.54, 1.807) is 30.3 Å². The molecule has 0 aromatic heterocycles. The van der Waals surface area contributed by atoms with Gasteiger partial charge in [-0.15, -0.1) is 0 Å². The van der Waals surface area contributed by atoms with E-state index in [-0.39, 0.29) is 5.76 Å². The predicted octanol–water partition coefficient (Wildman–Crippen LogP) is 1.57. The maximum atomic E-state index is 10.8. The zero-order valence-corrected chi connectivity index (χ0v) is 9.58. The van der Waals surface area contributed by atoms with E-state index in [2.05, 4.69) is 0 Å². The Hall–Kier alpha value is -2.90. The molecule has 0 saturated carbocycles. The first-order chi connectivity index (χ1) is 9.08. The first-order valence-corrected chi connectivity index (χ1v) is 5.27. The van der Waals surface area contributed by atoms with Crippen molar-refractivity contribution in [3.63, 3.8) is 0 Å². The summed E-state index contributed by atoms with van der Waals surface area (Å²) in [6, 6.07) is 8.64. The number of nitro groups is 2. The molecule has 1 aromatic rings. The lowest BCUT2D eigenvalue weighted by Gasteiger charge is -2.17. The molecule has 0 radical (unpaired) electrons. The van der Waals surface area contributed by atoms with Crippen LogP contribution in [0.25, 0.3) is 0 Å². The fourth-order valence-electron chi connectivity index (χ4n) is 1.52. The zero-order chi connectivity index (χ0) is 13.8. The molecule has 1 heterocycles. The summed E-state index contributed by atoms with van der Waals surface area (Å²) in [6.07, 6.45) is 1.80. The largest absolute Gasteiger partial charge is 0.457 e. The molecule has 2 rings (SSSR count). The zero-order valence-electron chi connectivity index (χ0n) is 9.58. The van der Waals surface area contributed by atoms with E-state index in [0.717, 1.165) is 12.3 Å². The van der Waals surface area contributed by atoms with E-state index in [9.17, 15) is 20.2 Å². The van der Waals surface area contributed by atoms with E-state index in [0.29, 0.717) is 10.8 Å². The molecule has 19 heavy (non-hydrogen) atoms. The standard InChI is InChI=1S/C11H9N3O5/c15-13(16)11-8-10(6-7-12(11)14(17)18)19-9-4-2-1-3-5-9/h1-8,11H. The lowest BCUT2D eigenvalue weighted by Crippen LogP contribution is -2.41. The van der Waals surface area contributed by atoms with Crippen LogP contribution in [0.1, 0.15) is 0 Å². The number of hydrogen-bond acceptors (Lipinski definition) is 5. The minimum absolute atomic E-state index is 0.186. The van der Waals surface area contributed by atoms with Gasteiger partial charge < -0.3 is 4.74 Å². The Bertz CT molecular complexity index is 555. The highest BCUT2D eigenvalue weighted by molar-refractivity contribution is 5.27. The van der Waals surface area contributed by atoms with Crippen LogP contribution in [-0.4, -0.2) is 21.1 Å². The van der Waals surface area contributed by atoms with Gasteiger partial charge in [0.2, 0.25) is 0 Å². The Balaban J connectivity index is 2.19. The second-order valence-electron chi connectivity index (χ2n) is 3.62. The fraction of sp³-hybridized carbons (Fsp3) is 0.0909. The number of para-hydroxylation sites is 1. The molecule has 8 nitrogen and oxygen atoms in total. The van der Waals surface area contributed by atoms with Gasteiger partial charge in [0, 0.05) is 6.08 Å². The van der Waals surface area contributed by atoms with Crippen LogP contribution in [-0.2, 0) is 0 Å². The third kappa shape index (κ3) is 2.86. The minimum Gasteiger partial charge on any atom is -0.457 e. The summed E-state index contributed by atoms with van der Waals surface area (Å²) >= 11 is 0. The molecule has 0 bridgehead atoms. The van der Waals surface area contributed by atoms with Gasteiger partial charge in [0.05, 0.1) is 17.2 Å². The number of ether oxygens (including phenoxy) is 1. The Morgan fingerprint density at radius 1 is 1.16 bits per heavy atom. The van der Waals surface area contributed by atoms with E-state index >= 15 is 0 Å². The van der Waals surface area contributed by atoms with Gasteiger partial charge in [0.15, 0.2) is 5.03 Å². The van der Waals surface area contributed by atoms with Crippen molar-refractivity contribution in [1.82, 2.24) is 5.01 Å². The highest BCUT2D eigenvalue weighted by Gasteiger charge is 2.36. The van der Waals surface area contributed by atoms with Crippen LogP contribution in [0, 0.1) is 20.2 Å². The van der Waals surface area contributed by atoms with Gasteiger partial charge in [0.25, 0.3) is 0 Å². The molecule has 0 spiro atoms. The second-order valence-corrected chi connectivity index (χ2v) is 3.62. The van der Waals surface area contributed by atoms with Gasteiger partial charge in [0.1, 0.15) is 11.5 Å². The van der Waals surface area contributed by atoms with Crippen LogP contribution in [0.2, 0.25) is 0 Å². The Morgan fingerprint density at radius 2 is 1.84 bits per heavy atom. The van der Waals surface area contributed by atoms with Crippen LogP contribution in [0.5, 0.6) is 5.75 Å². The normalized spacial score (nSPS) is 17.8. The summed E-state index contributed by atoms with van der Waals surface area (Å²) in [5.41, 5.74) is 0. The molecular weight excluding hydrogens is 254 g/mol. The summed E-state index contributed by atoms with van der Waals surface area (Å²) in [5.74, 6) is 0.682. The molecule has 0 saturated heterocycles. The lowest BCUT2D eigenvalue weighted by atomic mass is 10.3. The van der Waals surface area contributed by atoms with Crippen molar-refractivity contribution in [3.8, 4) is 5.75 Å². The van der Waals surface area contributed by atoms with Crippen molar-refractivity contribution in [2.75, 3.05) is 0 Å². The van der Waals surface area contributed by atoms with Gasteiger partial charge in [-0.1, -0.05) is 18.2 Å².